The number of amides is 2. The van der Waals surface area contributed by atoms with Gasteiger partial charge in [-0.2, -0.15) is 0 Å². The summed E-state index contributed by atoms with van der Waals surface area (Å²) >= 11 is 7.60. The zero-order valence-corrected chi connectivity index (χ0v) is 16.8. The second kappa shape index (κ2) is 7.78. The van der Waals surface area contributed by atoms with Crippen molar-refractivity contribution in [2.75, 3.05) is 7.05 Å². The predicted octanol–water partition coefficient (Wildman–Crippen LogP) is 4.63. The van der Waals surface area contributed by atoms with Gasteiger partial charge in [-0.05, 0) is 40.8 Å². The van der Waals surface area contributed by atoms with Crippen LogP contribution in [0, 0.1) is 0 Å². The number of hydrogen-bond donors (Lipinski definition) is 1. The Bertz CT molecular complexity index is 1020. The lowest BCUT2D eigenvalue weighted by molar-refractivity contribution is -0.124. The lowest BCUT2D eigenvalue weighted by Crippen LogP contribution is -2.45. The van der Waals surface area contributed by atoms with Crippen molar-refractivity contribution in [3.05, 3.63) is 92.6 Å². The highest BCUT2D eigenvalue weighted by molar-refractivity contribution is 7.10. The molecule has 1 aliphatic heterocycles. The van der Waals surface area contributed by atoms with Gasteiger partial charge in [-0.1, -0.05) is 48.0 Å². The molecule has 6 heteroatoms. The molecule has 2 atom stereocenters. The summed E-state index contributed by atoms with van der Waals surface area (Å²) in [5, 5.41) is 5.64. The van der Waals surface area contributed by atoms with Gasteiger partial charge in [0.05, 0.1) is 12.0 Å². The van der Waals surface area contributed by atoms with E-state index in [0.29, 0.717) is 17.1 Å². The van der Waals surface area contributed by atoms with Crippen LogP contribution in [0.3, 0.4) is 0 Å². The first-order chi connectivity index (χ1) is 13.6. The minimum atomic E-state index is -0.475. The van der Waals surface area contributed by atoms with E-state index in [4.69, 9.17) is 11.6 Å². The summed E-state index contributed by atoms with van der Waals surface area (Å²) in [6.07, 6.45) is 0. The third-order valence-corrected chi connectivity index (χ3v) is 6.23. The Morgan fingerprint density at radius 3 is 2.71 bits per heavy atom. The summed E-state index contributed by atoms with van der Waals surface area (Å²) < 4.78 is 0. The van der Waals surface area contributed by atoms with Gasteiger partial charge in [0.1, 0.15) is 0 Å². The van der Waals surface area contributed by atoms with Crippen molar-refractivity contribution < 1.29 is 9.59 Å². The second-order valence-corrected chi connectivity index (χ2v) is 8.20. The van der Waals surface area contributed by atoms with E-state index in [1.165, 1.54) is 0 Å². The highest BCUT2D eigenvalue weighted by atomic mass is 35.5. The van der Waals surface area contributed by atoms with Crippen molar-refractivity contribution in [1.82, 2.24) is 10.2 Å². The maximum Gasteiger partial charge on any atom is 0.254 e. The van der Waals surface area contributed by atoms with Crippen molar-refractivity contribution in [3.8, 4) is 0 Å². The van der Waals surface area contributed by atoms with E-state index in [0.717, 1.165) is 16.0 Å². The Hall–Kier alpha value is -2.63. The fourth-order valence-corrected chi connectivity index (χ4v) is 4.84. The Balaban J connectivity index is 1.69. The number of fused-ring (bicyclic) bond motifs is 1. The van der Waals surface area contributed by atoms with Crippen LogP contribution in [0.15, 0.2) is 66.0 Å². The van der Waals surface area contributed by atoms with Gasteiger partial charge in [0.2, 0.25) is 5.91 Å². The largest absolute Gasteiger partial charge is 0.351 e. The van der Waals surface area contributed by atoms with Gasteiger partial charge >= 0.3 is 0 Å². The number of rotatable bonds is 4. The average molecular weight is 411 g/mol. The van der Waals surface area contributed by atoms with Crippen molar-refractivity contribution >= 4 is 34.8 Å². The molecule has 142 valence electrons. The predicted molar refractivity (Wildman–Crippen MR) is 112 cm³/mol. The molecule has 3 aromatic rings. The summed E-state index contributed by atoms with van der Waals surface area (Å²) in [4.78, 5) is 28.9. The fourth-order valence-electron chi connectivity index (χ4n) is 3.72. The van der Waals surface area contributed by atoms with Crippen molar-refractivity contribution in [3.63, 3.8) is 0 Å². The lowest BCUT2D eigenvalue weighted by Gasteiger charge is -2.39. The first-order valence-electron chi connectivity index (χ1n) is 8.98. The molecule has 1 N–H and O–H groups in total. The van der Waals surface area contributed by atoms with Crippen LogP contribution >= 0.6 is 22.9 Å². The number of benzene rings is 2. The Morgan fingerprint density at radius 1 is 1.14 bits per heavy atom. The van der Waals surface area contributed by atoms with E-state index in [-0.39, 0.29) is 17.9 Å². The van der Waals surface area contributed by atoms with Crippen LogP contribution < -0.4 is 5.32 Å². The van der Waals surface area contributed by atoms with Crippen molar-refractivity contribution in [2.45, 2.75) is 18.5 Å². The van der Waals surface area contributed by atoms with Gasteiger partial charge in [-0.25, -0.2) is 0 Å². The third-order valence-electron chi connectivity index (χ3n) is 5.05. The number of hydrogen-bond acceptors (Lipinski definition) is 3. The van der Waals surface area contributed by atoms with Gasteiger partial charge in [0.25, 0.3) is 5.91 Å². The van der Waals surface area contributed by atoms with E-state index in [1.807, 2.05) is 53.9 Å². The van der Waals surface area contributed by atoms with Crippen LogP contribution in [0.1, 0.15) is 38.3 Å². The van der Waals surface area contributed by atoms with E-state index < -0.39 is 5.92 Å². The van der Waals surface area contributed by atoms with Gasteiger partial charge < -0.3 is 10.2 Å². The van der Waals surface area contributed by atoms with Crippen molar-refractivity contribution in [1.29, 1.82) is 0 Å². The molecule has 2 amide bonds. The van der Waals surface area contributed by atoms with Crippen LogP contribution in [-0.2, 0) is 11.3 Å². The zero-order chi connectivity index (χ0) is 19.7. The Labute approximate surface area is 172 Å². The van der Waals surface area contributed by atoms with Crippen molar-refractivity contribution in [2.24, 2.45) is 0 Å². The molecule has 1 aliphatic rings. The second-order valence-electron chi connectivity index (χ2n) is 6.79. The number of halogens is 1. The van der Waals surface area contributed by atoms with Crippen LogP contribution in [0.25, 0.3) is 0 Å². The summed E-state index contributed by atoms with van der Waals surface area (Å²) in [7, 11) is 1.76. The maximum absolute atomic E-state index is 13.3. The topological polar surface area (TPSA) is 49.4 Å². The summed E-state index contributed by atoms with van der Waals surface area (Å²) in [6.45, 7) is 0.382. The fraction of sp³-hybridized carbons (Fsp3) is 0.182. The summed E-state index contributed by atoms with van der Waals surface area (Å²) in [6, 6.07) is 18.4. The standard InChI is InChI=1S/C22H19ClN2O2S/c1-25-20(18-10-5-11-28-18)19(16-8-2-3-9-17(16)22(25)27)21(26)24-13-14-6-4-7-15(23)12-14/h2-12,19-20H,13H2,1H3,(H,24,26)/t19-,20-/m0/s1. The number of likely N-dealkylation sites (N-methyl/N-ethyl adjacent to an activating group) is 1. The highest BCUT2D eigenvalue weighted by Gasteiger charge is 2.42. The third kappa shape index (κ3) is 3.43. The molecule has 0 fully saturated rings. The van der Waals surface area contributed by atoms with E-state index in [9.17, 15) is 9.59 Å². The number of thiophene rings is 1. The quantitative estimate of drug-likeness (QED) is 0.681. The molecular formula is C22H19ClN2O2S. The average Bonchev–Trinajstić information content (AvgIpc) is 3.23. The van der Waals surface area contributed by atoms with E-state index >= 15 is 0 Å². The maximum atomic E-state index is 13.3. The molecule has 2 heterocycles. The van der Waals surface area contributed by atoms with Gasteiger partial charge in [-0.15, -0.1) is 11.3 Å². The van der Waals surface area contributed by atoms with Crippen LogP contribution in [0.2, 0.25) is 5.02 Å². The molecule has 0 bridgehead atoms. The van der Waals surface area contributed by atoms with Gasteiger partial charge in [-0.3, -0.25) is 9.59 Å². The molecule has 4 nitrogen and oxygen atoms in total. The Kier molecular flexibility index (Phi) is 5.20. The van der Waals surface area contributed by atoms with Crippen LogP contribution in [-0.4, -0.2) is 23.8 Å². The number of carbonyl (C=O) groups is 2. The number of nitrogens with zero attached hydrogens (tertiary/aromatic N) is 1. The molecular weight excluding hydrogens is 392 g/mol. The normalized spacial score (nSPS) is 18.6. The summed E-state index contributed by atoms with van der Waals surface area (Å²) in [5.41, 5.74) is 2.29. The zero-order valence-electron chi connectivity index (χ0n) is 15.3. The Morgan fingerprint density at radius 2 is 1.96 bits per heavy atom. The molecule has 0 spiro atoms. The molecule has 0 saturated heterocycles. The molecule has 2 aromatic carbocycles. The van der Waals surface area contributed by atoms with Crippen LogP contribution in [0.5, 0.6) is 0 Å². The van der Waals surface area contributed by atoms with E-state index in [2.05, 4.69) is 5.32 Å². The molecule has 0 aliphatic carbocycles. The number of nitrogens with one attached hydrogen (secondary N) is 1. The first kappa shape index (κ1) is 18.7. The monoisotopic (exact) mass is 410 g/mol. The van der Waals surface area contributed by atoms with Gasteiger partial charge in [0, 0.05) is 29.1 Å². The SMILES string of the molecule is CN1C(=O)c2ccccc2[C@H](C(=O)NCc2cccc(Cl)c2)[C@@H]1c1cccs1. The summed E-state index contributed by atoms with van der Waals surface area (Å²) in [5.74, 6) is -0.644. The first-order valence-corrected chi connectivity index (χ1v) is 10.2. The van der Waals surface area contributed by atoms with Gasteiger partial charge in [0.15, 0.2) is 0 Å². The smallest absolute Gasteiger partial charge is 0.254 e. The highest BCUT2D eigenvalue weighted by Crippen LogP contribution is 2.43. The van der Waals surface area contributed by atoms with Crippen LogP contribution in [0.4, 0.5) is 0 Å². The molecule has 4 rings (SSSR count). The molecule has 1 aromatic heterocycles. The minimum absolute atomic E-state index is 0.0621. The lowest BCUT2D eigenvalue weighted by atomic mass is 9.81. The minimum Gasteiger partial charge on any atom is -0.351 e. The molecule has 0 radical (unpaired) electrons. The molecule has 28 heavy (non-hydrogen) atoms. The molecule has 0 saturated carbocycles. The van der Waals surface area contributed by atoms with E-state index in [1.54, 1.807) is 35.4 Å². The molecule has 0 unspecified atom stereocenters. The number of carbonyl (C=O) groups excluding carboxylic acids is 2.